The molecule has 4 aromatic rings. The van der Waals surface area contributed by atoms with Crippen LogP contribution in [0.3, 0.4) is 0 Å². The van der Waals surface area contributed by atoms with Gasteiger partial charge in [0.15, 0.2) is 0 Å². The van der Waals surface area contributed by atoms with Crippen LogP contribution in [0.4, 0.5) is 11.4 Å². The van der Waals surface area contributed by atoms with Gasteiger partial charge in [0.1, 0.15) is 16.9 Å². The number of pyridine rings is 1. The summed E-state index contributed by atoms with van der Waals surface area (Å²) in [5.41, 5.74) is 1.52. The lowest BCUT2D eigenvalue weighted by Crippen LogP contribution is -2.28. The molecule has 0 saturated heterocycles. The van der Waals surface area contributed by atoms with Crippen LogP contribution in [-0.2, 0) is 6.54 Å². The zero-order chi connectivity index (χ0) is 20.4. The van der Waals surface area contributed by atoms with E-state index in [1.165, 1.54) is 4.68 Å². The number of carbonyl (C=O) groups is 1. The second kappa shape index (κ2) is 7.55. The van der Waals surface area contributed by atoms with Gasteiger partial charge in [-0.2, -0.15) is 5.10 Å². The molecule has 0 aliphatic carbocycles. The zero-order valence-corrected chi connectivity index (χ0v) is 15.7. The molecule has 0 radical (unpaired) electrons. The monoisotopic (exact) mass is 386 g/mol. The summed E-state index contributed by atoms with van der Waals surface area (Å²) in [6.45, 7) is 2.10. The molecule has 7 nitrogen and oxygen atoms in total. The molecule has 29 heavy (non-hydrogen) atoms. The van der Waals surface area contributed by atoms with E-state index in [1.54, 1.807) is 55.6 Å². The van der Waals surface area contributed by atoms with Gasteiger partial charge in [0.05, 0.1) is 5.52 Å². The third-order valence-corrected chi connectivity index (χ3v) is 4.62. The number of benzene rings is 2. The first-order valence-corrected chi connectivity index (χ1v) is 9.14. The second-order valence-electron chi connectivity index (χ2n) is 6.39. The molecular weight excluding hydrogens is 368 g/mol. The Hall–Kier alpha value is -4.00. The van der Waals surface area contributed by atoms with Gasteiger partial charge in [0.25, 0.3) is 5.56 Å². The molecule has 0 fully saturated rings. The van der Waals surface area contributed by atoms with Crippen LogP contribution < -0.4 is 10.9 Å². The van der Waals surface area contributed by atoms with Crippen LogP contribution in [-0.4, -0.2) is 25.8 Å². The minimum Gasteiger partial charge on any atom is -0.478 e. The number of rotatable bonds is 5. The van der Waals surface area contributed by atoms with E-state index >= 15 is 0 Å². The summed E-state index contributed by atoms with van der Waals surface area (Å²) < 4.78 is 1.26. The number of nitrogens with zero attached hydrogens (tertiary/aromatic N) is 3. The Bertz CT molecular complexity index is 1260. The number of aromatic carboxylic acids is 1. The molecule has 2 heterocycles. The van der Waals surface area contributed by atoms with Crippen molar-refractivity contribution in [2.45, 2.75) is 13.5 Å². The van der Waals surface area contributed by atoms with E-state index in [0.29, 0.717) is 17.8 Å². The molecule has 0 amide bonds. The molecule has 4 rings (SSSR count). The molecule has 0 atom stereocenters. The van der Waals surface area contributed by atoms with E-state index in [4.69, 9.17) is 0 Å². The number of aromatic nitrogens is 3. The average Bonchev–Trinajstić information content (AvgIpc) is 2.75. The molecule has 0 aliphatic rings. The molecule has 7 heteroatoms. The highest BCUT2D eigenvalue weighted by atomic mass is 16.4. The normalized spacial score (nSPS) is 10.8. The van der Waals surface area contributed by atoms with Crippen LogP contribution in [0.2, 0.25) is 0 Å². The van der Waals surface area contributed by atoms with Crippen LogP contribution in [0.5, 0.6) is 0 Å². The molecular formula is C22H18N4O3. The van der Waals surface area contributed by atoms with Crippen molar-refractivity contribution in [2.75, 3.05) is 5.32 Å². The first kappa shape index (κ1) is 18.4. The number of carboxylic acid groups (broad SMARTS) is 1. The summed E-state index contributed by atoms with van der Waals surface area (Å²) in [4.78, 5) is 29.5. The van der Waals surface area contributed by atoms with Crippen LogP contribution in [0, 0.1) is 0 Å². The van der Waals surface area contributed by atoms with Crippen molar-refractivity contribution in [1.82, 2.24) is 14.8 Å². The van der Waals surface area contributed by atoms with Crippen molar-refractivity contribution in [1.29, 1.82) is 0 Å². The van der Waals surface area contributed by atoms with Gasteiger partial charge < -0.3 is 10.4 Å². The molecule has 0 aliphatic heterocycles. The maximum atomic E-state index is 13.0. The van der Waals surface area contributed by atoms with E-state index in [-0.39, 0.29) is 16.9 Å². The van der Waals surface area contributed by atoms with Gasteiger partial charge in [0, 0.05) is 29.4 Å². The Morgan fingerprint density at radius 2 is 1.86 bits per heavy atom. The van der Waals surface area contributed by atoms with Gasteiger partial charge in [0.2, 0.25) is 0 Å². The molecule has 0 unspecified atom stereocenters. The lowest BCUT2D eigenvalue weighted by Gasteiger charge is -2.16. The predicted molar refractivity (Wildman–Crippen MR) is 112 cm³/mol. The predicted octanol–water partition coefficient (Wildman–Crippen LogP) is 3.92. The molecule has 0 saturated carbocycles. The molecule has 2 N–H and O–H groups in total. The van der Waals surface area contributed by atoms with E-state index < -0.39 is 11.5 Å². The standard InChI is InChI=1S/C22H18N4O3/c1-2-26-21(27)20(24-17-12-6-11-16-15(17)10-7-13-23-16)18(22(28)29)19(25-26)14-8-4-3-5-9-14/h3-13,24H,2H2,1H3,(H,28,29). The van der Waals surface area contributed by atoms with Crippen molar-refractivity contribution < 1.29 is 9.90 Å². The summed E-state index contributed by atoms with van der Waals surface area (Å²) in [6, 6.07) is 18.1. The number of hydrogen-bond donors (Lipinski definition) is 2. The Morgan fingerprint density at radius 3 is 2.59 bits per heavy atom. The highest BCUT2D eigenvalue weighted by Gasteiger charge is 2.24. The van der Waals surface area contributed by atoms with Crippen LogP contribution in [0.1, 0.15) is 17.3 Å². The number of anilines is 2. The van der Waals surface area contributed by atoms with Gasteiger partial charge in [-0.25, -0.2) is 9.48 Å². The molecule has 0 spiro atoms. The number of nitrogens with one attached hydrogen (secondary N) is 1. The van der Waals surface area contributed by atoms with Crippen LogP contribution in [0.15, 0.2) is 71.7 Å². The highest BCUT2D eigenvalue weighted by molar-refractivity contribution is 6.02. The topological polar surface area (TPSA) is 97.1 Å². The summed E-state index contributed by atoms with van der Waals surface area (Å²) in [6.07, 6.45) is 1.68. The molecule has 144 valence electrons. The Balaban J connectivity index is 1.99. The minimum absolute atomic E-state index is 0.0236. The quantitative estimate of drug-likeness (QED) is 0.540. The van der Waals surface area contributed by atoms with E-state index in [2.05, 4.69) is 15.4 Å². The zero-order valence-electron chi connectivity index (χ0n) is 15.7. The van der Waals surface area contributed by atoms with Gasteiger partial charge >= 0.3 is 5.97 Å². The Morgan fingerprint density at radius 1 is 1.07 bits per heavy atom. The third-order valence-electron chi connectivity index (χ3n) is 4.62. The Labute approximate surface area is 166 Å². The fourth-order valence-electron chi connectivity index (χ4n) is 3.25. The summed E-state index contributed by atoms with van der Waals surface area (Å²) in [7, 11) is 0. The van der Waals surface area contributed by atoms with E-state index in [9.17, 15) is 14.7 Å². The Kier molecular flexibility index (Phi) is 4.78. The third kappa shape index (κ3) is 3.34. The minimum atomic E-state index is -1.22. The maximum absolute atomic E-state index is 13.0. The van der Waals surface area contributed by atoms with E-state index in [0.717, 1.165) is 10.9 Å². The van der Waals surface area contributed by atoms with Gasteiger partial charge in [-0.1, -0.05) is 36.4 Å². The summed E-state index contributed by atoms with van der Waals surface area (Å²) in [5.74, 6) is -1.22. The highest BCUT2D eigenvalue weighted by Crippen LogP contribution is 2.29. The summed E-state index contributed by atoms with van der Waals surface area (Å²) >= 11 is 0. The second-order valence-corrected chi connectivity index (χ2v) is 6.39. The average molecular weight is 386 g/mol. The number of hydrogen-bond acceptors (Lipinski definition) is 5. The fraction of sp³-hybridized carbons (Fsp3) is 0.0909. The van der Waals surface area contributed by atoms with Crippen molar-refractivity contribution in [3.05, 3.63) is 82.8 Å². The molecule has 2 aromatic carbocycles. The van der Waals surface area contributed by atoms with Crippen molar-refractivity contribution in [3.63, 3.8) is 0 Å². The molecule has 2 aromatic heterocycles. The smallest absolute Gasteiger partial charge is 0.340 e. The fourth-order valence-corrected chi connectivity index (χ4v) is 3.25. The van der Waals surface area contributed by atoms with Gasteiger partial charge in [-0.15, -0.1) is 0 Å². The number of aryl methyl sites for hydroxylation is 1. The molecule has 0 bridgehead atoms. The number of fused-ring (bicyclic) bond motifs is 1. The first-order chi connectivity index (χ1) is 14.1. The van der Waals surface area contributed by atoms with Gasteiger partial charge in [-0.3, -0.25) is 9.78 Å². The first-order valence-electron chi connectivity index (χ1n) is 9.14. The maximum Gasteiger partial charge on any atom is 0.340 e. The van der Waals surface area contributed by atoms with E-state index in [1.807, 2.05) is 18.2 Å². The lowest BCUT2D eigenvalue weighted by molar-refractivity contribution is 0.0698. The lowest BCUT2D eigenvalue weighted by atomic mass is 10.0. The van der Waals surface area contributed by atoms with Gasteiger partial charge in [-0.05, 0) is 31.2 Å². The van der Waals surface area contributed by atoms with Crippen LogP contribution >= 0.6 is 0 Å². The number of carboxylic acids is 1. The van der Waals surface area contributed by atoms with Crippen molar-refractivity contribution >= 4 is 28.2 Å². The SMILES string of the molecule is CCn1nc(-c2ccccc2)c(C(=O)O)c(Nc2cccc3ncccc23)c1=O. The summed E-state index contributed by atoms with van der Waals surface area (Å²) in [5, 5.41) is 18.1. The van der Waals surface area contributed by atoms with Crippen molar-refractivity contribution in [3.8, 4) is 11.3 Å². The van der Waals surface area contributed by atoms with Crippen LogP contribution in [0.25, 0.3) is 22.2 Å². The van der Waals surface area contributed by atoms with Crippen molar-refractivity contribution in [2.24, 2.45) is 0 Å². The largest absolute Gasteiger partial charge is 0.478 e.